The molecule has 32 heavy (non-hydrogen) atoms. The molecule has 0 bridgehead atoms. The fourth-order valence-corrected chi connectivity index (χ4v) is 4.08. The Bertz CT molecular complexity index is 1360. The van der Waals surface area contributed by atoms with Crippen LogP contribution in [-0.4, -0.2) is 20.3 Å². The molecule has 6 nitrogen and oxygen atoms in total. The molecule has 2 aromatic heterocycles. The largest absolute Gasteiger partial charge is 0.348 e. The van der Waals surface area contributed by atoms with Gasteiger partial charge in [0.05, 0.1) is 17.3 Å². The second kappa shape index (κ2) is 8.78. The van der Waals surface area contributed by atoms with Crippen molar-refractivity contribution in [2.75, 3.05) is 5.32 Å². The number of aromatic nitrogens is 3. The van der Waals surface area contributed by atoms with Gasteiger partial charge in [0.2, 0.25) is 5.91 Å². The highest BCUT2D eigenvalue weighted by molar-refractivity contribution is 5.91. The zero-order chi connectivity index (χ0) is 22.8. The van der Waals surface area contributed by atoms with Crippen molar-refractivity contribution in [3.8, 4) is 5.69 Å². The molecule has 7 heteroatoms. The Labute approximate surface area is 185 Å². The lowest BCUT2D eigenvalue weighted by atomic mass is 10.2. The number of fused-ring (bicyclic) bond motifs is 1. The van der Waals surface area contributed by atoms with Crippen LogP contribution in [0.4, 0.5) is 10.1 Å². The van der Waals surface area contributed by atoms with Crippen molar-refractivity contribution in [3.63, 3.8) is 0 Å². The van der Waals surface area contributed by atoms with E-state index in [9.17, 15) is 14.0 Å². The maximum absolute atomic E-state index is 13.2. The van der Waals surface area contributed by atoms with E-state index in [2.05, 4.69) is 15.0 Å². The minimum absolute atomic E-state index is 0.125. The molecule has 0 radical (unpaired) electrons. The summed E-state index contributed by atoms with van der Waals surface area (Å²) >= 11 is 0. The number of anilines is 1. The Morgan fingerprint density at radius 2 is 1.81 bits per heavy atom. The lowest BCUT2D eigenvalue weighted by molar-refractivity contribution is -0.116. The molecular formula is C25H25FN4O2. The van der Waals surface area contributed by atoms with Crippen molar-refractivity contribution in [1.82, 2.24) is 14.3 Å². The smallest absolute Gasteiger partial charge is 0.281 e. The van der Waals surface area contributed by atoms with Gasteiger partial charge in [-0.2, -0.15) is 9.78 Å². The summed E-state index contributed by atoms with van der Waals surface area (Å²) in [6.45, 7) is 6.25. The van der Waals surface area contributed by atoms with Gasteiger partial charge in [-0.3, -0.25) is 9.59 Å². The third-order valence-electron chi connectivity index (χ3n) is 5.79. The zero-order valence-corrected chi connectivity index (χ0v) is 18.4. The summed E-state index contributed by atoms with van der Waals surface area (Å²) < 4.78 is 16.7. The van der Waals surface area contributed by atoms with Gasteiger partial charge in [-0.05, 0) is 63.1 Å². The lowest BCUT2D eigenvalue weighted by Crippen LogP contribution is -2.21. The molecule has 1 amide bonds. The van der Waals surface area contributed by atoms with Crippen molar-refractivity contribution in [2.24, 2.45) is 0 Å². The lowest BCUT2D eigenvalue weighted by Gasteiger charge is -2.11. The van der Waals surface area contributed by atoms with E-state index < -0.39 is 0 Å². The number of nitrogens with zero attached hydrogens (tertiary/aromatic N) is 3. The summed E-state index contributed by atoms with van der Waals surface area (Å²) in [5, 5.41) is 8.67. The third kappa shape index (κ3) is 4.06. The molecule has 1 N–H and O–H groups in total. The number of nitrogens with one attached hydrogen (secondary N) is 1. The molecule has 0 saturated carbocycles. The Hall–Kier alpha value is -3.74. The van der Waals surface area contributed by atoms with Crippen molar-refractivity contribution in [2.45, 2.75) is 40.2 Å². The van der Waals surface area contributed by atoms with Crippen LogP contribution < -0.4 is 10.9 Å². The Morgan fingerprint density at radius 1 is 1.06 bits per heavy atom. The van der Waals surface area contributed by atoms with Crippen molar-refractivity contribution >= 4 is 22.4 Å². The molecule has 0 fully saturated rings. The molecule has 0 saturated heterocycles. The number of aryl methyl sites for hydroxylation is 3. The molecular weight excluding hydrogens is 407 g/mol. The first kappa shape index (κ1) is 21.5. The van der Waals surface area contributed by atoms with E-state index in [1.807, 2.05) is 44.2 Å². The molecule has 0 atom stereocenters. The average molecular weight is 432 g/mol. The first-order chi connectivity index (χ1) is 15.4. The molecule has 164 valence electrons. The topological polar surface area (TPSA) is 68.9 Å². The predicted octanol–water partition coefficient (Wildman–Crippen LogP) is 4.67. The molecule has 0 unspecified atom stereocenters. The third-order valence-corrected chi connectivity index (χ3v) is 5.79. The number of rotatable bonds is 6. The highest BCUT2D eigenvalue weighted by Gasteiger charge is 2.17. The number of hydrogen-bond acceptors (Lipinski definition) is 3. The predicted molar refractivity (Wildman–Crippen MR) is 124 cm³/mol. The van der Waals surface area contributed by atoms with Crippen LogP contribution in [0.2, 0.25) is 0 Å². The van der Waals surface area contributed by atoms with Crippen LogP contribution >= 0.6 is 0 Å². The highest BCUT2D eigenvalue weighted by Crippen LogP contribution is 2.23. The monoisotopic (exact) mass is 432 g/mol. The van der Waals surface area contributed by atoms with Crippen LogP contribution in [0.3, 0.4) is 0 Å². The van der Waals surface area contributed by atoms with Gasteiger partial charge in [0.15, 0.2) is 0 Å². The van der Waals surface area contributed by atoms with Gasteiger partial charge in [-0.15, -0.1) is 0 Å². The van der Waals surface area contributed by atoms with E-state index in [0.29, 0.717) is 36.0 Å². The number of amides is 1. The van der Waals surface area contributed by atoms with E-state index >= 15 is 0 Å². The van der Waals surface area contributed by atoms with Gasteiger partial charge in [0, 0.05) is 35.4 Å². The molecule has 0 spiro atoms. The van der Waals surface area contributed by atoms with Crippen LogP contribution in [0.5, 0.6) is 0 Å². The second-order valence-corrected chi connectivity index (χ2v) is 7.92. The zero-order valence-electron chi connectivity index (χ0n) is 18.4. The van der Waals surface area contributed by atoms with Gasteiger partial charge >= 0.3 is 0 Å². The van der Waals surface area contributed by atoms with Crippen LogP contribution in [0, 0.1) is 26.6 Å². The Kier molecular flexibility index (Phi) is 5.90. The number of hydrogen-bond donors (Lipinski definition) is 1. The fraction of sp³-hybridized carbons (Fsp3) is 0.240. The first-order valence-electron chi connectivity index (χ1n) is 10.6. The van der Waals surface area contributed by atoms with Crippen molar-refractivity contribution in [3.05, 3.63) is 87.9 Å². The summed E-state index contributed by atoms with van der Waals surface area (Å²) in [4.78, 5) is 25.5. The molecule has 0 aliphatic heterocycles. The fourth-order valence-electron chi connectivity index (χ4n) is 4.08. The maximum atomic E-state index is 13.2. The summed E-state index contributed by atoms with van der Waals surface area (Å²) in [7, 11) is 0. The second-order valence-electron chi connectivity index (χ2n) is 7.92. The summed E-state index contributed by atoms with van der Waals surface area (Å²) in [5.41, 5.74) is 3.68. The van der Waals surface area contributed by atoms with E-state index in [1.165, 1.54) is 16.8 Å². The van der Waals surface area contributed by atoms with E-state index in [1.54, 1.807) is 19.2 Å². The number of benzene rings is 2. The van der Waals surface area contributed by atoms with E-state index in [-0.39, 0.29) is 17.3 Å². The summed E-state index contributed by atoms with van der Waals surface area (Å²) in [6.07, 6.45) is 2.65. The molecule has 0 aliphatic carbocycles. The number of para-hydroxylation sites is 1. The van der Waals surface area contributed by atoms with Gasteiger partial charge in [0.25, 0.3) is 5.56 Å². The van der Waals surface area contributed by atoms with Crippen molar-refractivity contribution < 1.29 is 9.18 Å². The average Bonchev–Trinajstić information content (AvgIpc) is 3.02. The molecule has 2 heterocycles. The summed E-state index contributed by atoms with van der Waals surface area (Å²) in [5.74, 6) is -0.452. The van der Waals surface area contributed by atoms with Crippen LogP contribution in [0.25, 0.3) is 16.5 Å². The van der Waals surface area contributed by atoms with Gasteiger partial charge < -0.3 is 9.88 Å². The van der Waals surface area contributed by atoms with Gasteiger partial charge in [0.1, 0.15) is 5.82 Å². The molecule has 0 aliphatic rings. The Morgan fingerprint density at radius 3 is 2.53 bits per heavy atom. The summed E-state index contributed by atoms with van der Waals surface area (Å²) in [6, 6.07) is 13.6. The first-order valence-corrected chi connectivity index (χ1v) is 10.6. The number of carbonyl (C=O) groups excluding carboxylic acids is 1. The minimum Gasteiger partial charge on any atom is -0.348 e. The number of halogens is 1. The van der Waals surface area contributed by atoms with Gasteiger partial charge in [-0.1, -0.05) is 18.2 Å². The standard InChI is InChI=1S/C25H25FN4O2/c1-16-14-19(26)11-12-22(16)28-23(31)10-7-13-29-17(2)21-15-27-30(20-8-5-4-6-9-20)25(32)24(21)18(29)3/h4-6,8-9,11-12,14-15H,7,10,13H2,1-3H3,(H,28,31). The SMILES string of the molecule is Cc1cc(F)ccc1NC(=O)CCCn1c(C)c2cnn(-c3ccccc3)c(=O)c2c1C. The van der Waals surface area contributed by atoms with Crippen LogP contribution in [-0.2, 0) is 11.3 Å². The minimum atomic E-state index is -0.327. The molecule has 4 rings (SSSR count). The van der Waals surface area contributed by atoms with Crippen LogP contribution in [0.1, 0.15) is 29.8 Å². The van der Waals surface area contributed by atoms with Crippen molar-refractivity contribution in [1.29, 1.82) is 0 Å². The van der Waals surface area contributed by atoms with E-state index in [0.717, 1.165) is 22.5 Å². The molecule has 2 aromatic carbocycles. The normalized spacial score (nSPS) is 11.1. The Balaban J connectivity index is 1.51. The maximum Gasteiger partial charge on any atom is 0.281 e. The quantitative estimate of drug-likeness (QED) is 0.481. The van der Waals surface area contributed by atoms with Crippen LogP contribution in [0.15, 0.2) is 59.5 Å². The number of carbonyl (C=O) groups is 1. The van der Waals surface area contributed by atoms with E-state index in [4.69, 9.17) is 0 Å². The molecule has 4 aromatic rings. The van der Waals surface area contributed by atoms with Gasteiger partial charge in [-0.25, -0.2) is 4.39 Å². The highest BCUT2D eigenvalue weighted by atomic mass is 19.1.